The predicted molar refractivity (Wildman–Crippen MR) is 90.0 cm³/mol. The number of carbonyl (C=O) groups excluding carboxylic acids is 4. The molecule has 2 N–H and O–H groups in total. The minimum Gasteiger partial charge on any atom is -0.325 e. The van der Waals surface area contributed by atoms with Gasteiger partial charge in [0, 0.05) is 29.8 Å². The molecule has 1 fully saturated rings. The van der Waals surface area contributed by atoms with Crippen molar-refractivity contribution in [2.24, 2.45) is 0 Å². The average molecular weight is 427 g/mol. The summed E-state index contributed by atoms with van der Waals surface area (Å²) in [6.07, 6.45) is 0.537. The van der Waals surface area contributed by atoms with Crippen LogP contribution in [0, 0.1) is 0 Å². The third-order valence-electron chi connectivity index (χ3n) is 3.98. The zero-order valence-corrected chi connectivity index (χ0v) is 14.3. The number of anilines is 1. The summed E-state index contributed by atoms with van der Waals surface area (Å²) < 4.78 is 0.312. The van der Waals surface area contributed by atoms with Gasteiger partial charge in [0.15, 0.2) is 0 Å². The maximum absolute atomic E-state index is 12.6. The van der Waals surface area contributed by atoms with E-state index in [4.69, 9.17) is 0 Å². The van der Waals surface area contributed by atoms with Gasteiger partial charge in [-0.15, -0.1) is 0 Å². The molecule has 23 heavy (non-hydrogen) atoms. The van der Waals surface area contributed by atoms with Crippen LogP contribution in [0.15, 0.2) is 18.2 Å². The molecule has 0 bridgehead atoms. The lowest BCUT2D eigenvalue weighted by Crippen LogP contribution is -2.52. The van der Waals surface area contributed by atoms with Crippen molar-refractivity contribution in [1.29, 1.82) is 0 Å². The van der Waals surface area contributed by atoms with Gasteiger partial charge < -0.3 is 10.2 Å². The molecule has 1 aromatic carbocycles. The Morgan fingerprint density at radius 2 is 2.13 bits per heavy atom. The summed E-state index contributed by atoms with van der Waals surface area (Å²) in [7, 11) is 0. The van der Waals surface area contributed by atoms with E-state index in [0.29, 0.717) is 27.7 Å². The van der Waals surface area contributed by atoms with Crippen LogP contribution in [0.4, 0.5) is 5.69 Å². The Hall–Kier alpha value is -1.97. The minimum atomic E-state index is -0.652. The number of nitrogens with zero attached hydrogens (tertiary/aromatic N) is 1. The van der Waals surface area contributed by atoms with E-state index in [1.165, 1.54) is 4.90 Å². The van der Waals surface area contributed by atoms with E-state index in [1.54, 1.807) is 18.2 Å². The Morgan fingerprint density at radius 3 is 2.83 bits per heavy atom. The van der Waals surface area contributed by atoms with Gasteiger partial charge in [-0.1, -0.05) is 28.7 Å². The van der Waals surface area contributed by atoms with Crippen molar-refractivity contribution < 1.29 is 19.2 Å². The molecule has 0 radical (unpaired) electrons. The molecule has 2 heterocycles. The third-order valence-corrected chi connectivity index (χ3v) is 4.67. The molecule has 2 aliphatic heterocycles. The number of amides is 4. The Bertz CT molecular complexity index is 719. The van der Waals surface area contributed by atoms with Crippen LogP contribution >= 0.6 is 22.6 Å². The summed E-state index contributed by atoms with van der Waals surface area (Å²) >= 11 is 1.96. The molecule has 1 atom stereocenters. The monoisotopic (exact) mass is 427 g/mol. The summed E-state index contributed by atoms with van der Waals surface area (Å²) in [5.74, 6) is -1.16. The quantitative estimate of drug-likeness (QED) is 0.424. The van der Waals surface area contributed by atoms with Gasteiger partial charge in [0.05, 0.1) is 4.43 Å². The van der Waals surface area contributed by atoms with Crippen molar-refractivity contribution in [2.45, 2.75) is 25.4 Å². The van der Waals surface area contributed by atoms with Crippen molar-refractivity contribution in [1.82, 2.24) is 10.2 Å². The van der Waals surface area contributed by atoms with Gasteiger partial charge in [0.25, 0.3) is 5.91 Å². The predicted octanol–water partition coefficient (Wildman–Crippen LogP) is 0.821. The smallest absolute Gasteiger partial charge is 0.255 e. The van der Waals surface area contributed by atoms with Crippen LogP contribution < -0.4 is 10.6 Å². The molecular weight excluding hydrogens is 413 g/mol. The highest BCUT2D eigenvalue weighted by Crippen LogP contribution is 2.32. The topological polar surface area (TPSA) is 95.6 Å². The fourth-order valence-corrected chi connectivity index (χ4v) is 3.08. The molecule has 1 aromatic rings. The van der Waals surface area contributed by atoms with Gasteiger partial charge in [-0.25, -0.2) is 0 Å². The van der Waals surface area contributed by atoms with Crippen LogP contribution in [-0.2, 0) is 20.9 Å². The van der Waals surface area contributed by atoms with Crippen LogP contribution in [0.5, 0.6) is 0 Å². The number of fused-ring (bicyclic) bond motifs is 1. The van der Waals surface area contributed by atoms with E-state index in [1.807, 2.05) is 22.6 Å². The first kappa shape index (κ1) is 15.9. The van der Waals surface area contributed by atoms with E-state index >= 15 is 0 Å². The second-order valence-corrected chi connectivity index (χ2v) is 6.18. The first-order valence-corrected chi connectivity index (χ1v) is 8.66. The van der Waals surface area contributed by atoms with Crippen molar-refractivity contribution in [2.75, 3.05) is 9.74 Å². The second kappa shape index (κ2) is 6.26. The van der Waals surface area contributed by atoms with Crippen LogP contribution in [0.25, 0.3) is 0 Å². The minimum absolute atomic E-state index is 0.147. The number of hydrogen-bond acceptors (Lipinski definition) is 4. The number of carbonyl (C=O) groups is 4. The number of alkyl halides is 1. The van der Waals surface area contributed by atoms with Gasteiger partial charge in [-0.2, -0.15) is 0 Å². The lowest BCUT2D eigenvalue weighted by molar-refractivity contribution is -0.137. The molecule has 3 rings (SSSR count). The van der Waals surface area contributed by atoms with E-state index in [2.05, 4.69) is 10.6 Å². The van der Waals surface area contributed by atoms with Crippen LogP contribution in [0.2, 0.25) is 0 Å². The largest absolute Gasteiger partial charge is 0.325 e. The van der Waals surface area contributed by atoms with Crippen molar-refractivity contribution >= 4 is 51.9 Å². The van der Waals surface area contributed by atoms with Gasteiger partial charge in [-0.05, 0) is 18.6 Å². The molecule has 1 saturated heterocycles. The number of imide groups is 1. The van der Waals surface area contributed by atoms with E-state index in [0.717, 1.165) is 0 Å². The number of rotatable bonds is 3. The summed E-state index contributed by atoms with van der Waals surface area (Å²) in [4.78, 5) is 48.9. The molecule has 1 unspecified atom stereocenters. The van der Waals surface area contributed by atoms with Gasteiger partial charge in [-0.3, -0.25) is 24.5 Å². The Morgan fingerprint density at radius 1 is 1.35 bits per heavy atom. The summed E-state index contributed by atoms with van der Waals surface area (Å²) in [5, 5.41) is 5.04. The zero-order valence-electron chi connectivity index (χ0n) is 12.1. The SMILES string of the molecule is O=C1CCC(N2Cc3c(NC(=O)CI)cccc3C2=O)C(=O)N1. The molecule has 120 valence electrons. The summed E-state index contributed by atoms with van der Waals surface area (Å²) in [5.41, 5.74) is 1.79. The highest BCUT2D eigenvalue weighted by molar-refractivity contribution is 14.1. The number of benzene rings is 1. The summed E-state index contributed by atoms with van der Waals surface area (Å²) in [6, 6.07) is 4.47. The Labute approximate surface area is 145 Å². The fourth-order valence-electron chi connectivity index (χ4n) is 2.89. The summed E-state index contributed by atoms with van der Waals surface area (Å²) in [6.45, 7) is 0.248. The fraction of sp³-hybridized carbons (Fsp3) is 0.333. The Kier molecular flexibility index (Phi) is 4.33. The van der Waals surface area contributed by atoms with Crippen LogP contribution in [-0.4, -0.2) is 39.0 Å². The van der Waals surface area contributed by atoms with Crippen LogP contribution in [0.3, 0.4) is 0 Å². The molecule has 0 spiro atoms. The van der Waals surface area contributed by atoms with Crippen molar-refractivity contribution in [3.05, 3.63) is 29.3 Å². The molecule has 4 amide bonds. The zero-order chi connectivity index (χ0) is 16.6. The van der Waals surface area contributed by atoms with Gasteiger partial charge >= 0.3 is 0 Å². The maximum Gasteiger partial charge on any atom is 0.255 e. The molecule has 7 nitrogen and oxygen atoms in total. The number of hydrogen-bond donors (Lipinski definition) is 2. The molecular formula is C15H14IN3O4. The van der Waals surface area contributed by atoms with E-state index < -0.39 is 11.9 Å². The first-order chi connectivity index (χ1) is 11.0. The molecule has 2 aliphatic rings. The lowest BCUT2D eigenvalue weighted by atomic mass is 10.0. The number of piperidine rings is 1. The Balaban J connectivity index is 1.87. The molecule has 0 aliphatic carbocycles. The molecule has 0 saturated carbocycles. The van der Waals surface area contributed by atoms with Crippen molar-refractivity contribution in [3.8, 4) is 0 Å². The second-order valence-electron chi connectivity index (χ2n) is 5.41. The highest BCUT2D eigenvalue weighted by atomic mass is 127. The van der Waals surface area contributed by atoms with Gasteiger partial charge in [0.1, 0.15) is 6.04 Å². The maximum atomic E-state index is 12.6. The van der Waals surface area contributed by atoms with E-state index in [-0.39, 0.29) is 30.7 Å². The number of halogens is 1. The highest BCUT2D eigenvalue weighted by Gasteiger charge is 2.39. The average Bonchev–Trinajstić information content (AvgIpc) is 2.86. The first-order valence-electron chi connectivity index (χ1n) is 7.13. The lowest BCUT2D eigenvalue weighted by Gasteiger charge is -2.29. The number of nitrogens with one attached hydrogen (secondary N) is 2. The van der Waals surface area contributed by atoms with E-state index in [9.17, 15) is 19.2 Å². The van der Waals surface area contributed by atoms with Crippen LogP contribution in [0.1, 0.15) is 28.8 Å². The third kappa shape index (κ3) is 2.94. The molecule has 8 heteroatoms. The van der Waals surface area contributed by atoms with Crippen molar-refractivity contribution in [3.63, 3.8) is 0 Å². The standard InChI is InChI=1S/C15H14IN3O4/c16-6-13(21)17-10-3-1-2-8-9(10)7-19(15(8)23)11-4-5-12(20)18-14(11)22/h1-3,11H,4-7H2,(H,17,21)(H,18,20,22). The van der Waals surface area contributed by atoms with Gasteiger partial charge in [0.2, 0.25) is 17.7 Å². The normalized spacial score (nSPS) is 20.3. The molecule has 0 aromatic heterocycles.